The van der Waals surface area contributed by atoms with Crippen molar-refractivity contribution in [2.75, 3.05) is 46.4 Å². The number of hydrogen-bond donors (Lipinski definition) is 1. The van der Waals surface area contributed by atoms with Gasteiger partial charge in [-0.25, -0.2) is 0 Å². The summed E-state index contributed by atoms with van der Waals surface area (Å²) < 4.78 is 0. The fraction of sp³-hybridized carbons (Fsp3) is 0.571. The summed E-state index contributed by atoms with van der Waals surface area (Å²) in [6, 6.07) is 7.82. The maximum Gasteiger partial charge on any atom is 0.0512 e. The number of hydrogen-bond acceptors (Lipinski definition) is 3. The summed E-state index contributed by atoms with van der Waals surface area (Å²) >= 11 is 6.01. The minimum Gasteiger partial charge on any atom is -0.396 e. The molecule has 0 saturated carbocycles. The number of piperazine rings is 1. The molecule has 1 N–H and O–H groups in total. The van der Waals surface area contributed by atoms with Crippen molar-refractivity contribution in [1.29, 1.82) is 0 Å². The minimum absolute atomic E-state index is 0.159. The zero-order valence-electron chi connectivity index (χ0n) is 10.8. The van der Waals surface area contributed by atoms with E-state index < -0.39 is 0 Å². The zero-order valence-corrected chi connectivity index (χ0v) is 11.6. The number of aliphatic hydroxyl groups is 1. The second-order valence-corrected chi connectivity index (χ2v) is 5.47. The highest BCUT2D eigenvalue weighted by atomic mass is 35.5. The lowest BCUT2D eigenvalue weighted by atomic mass is 9.99. The van der Waals surface area contributed by atoms with Crippen LogP contribution >= 0.6 is 11.6 Å². The summed E-state index contributed by atoms with van der Waals surface area (Å²) in [5.74, 6) is 0.159. The highest BCUT2D eigenvalue weighted by molar-refractivity contribution is 6.30. The van der Waals surface area contributed by atoms with Gasteiger partial charge in [0, 0.05) is 43.7 Å². The maximum absolute atomic E-state index is 9.57. The summed E-state index contributed by atoms with van der Waals surface area (Å²) in [5, 5.41) is 10.3. The van der Waals surface area contributed by atoms with Crippen LogP contribution in [0.4, 0.5) is 0 Å². The number of aliphatic hydroxyl groups excluding tert-OH is 1. The van der Waals surface area contributed by atoms with Gasteiger partial charge in [0.15, 0.2) is 0 Å². The standard InChI is InChI=1S/C14H21ClN2O/c1-16-5-7-17(8-6-16)10-13(11-18)12-3-2-4-14(15)9-12/h2-4,9,13,18H,5-8,10-11H2,1H3. The minimum atomic E-state index is 0.159. The lowest BCUT2D eigenvalue weighted by Gasteiger charge is -2.34. The molecule has 1 aliphatic heterocycles. The Hall–Kier alpha value is -0.610. The summed E-state index contributed by atoms with van der Waals surface area (Å²) in [4.78, 5) is 4.76. The Balaban J connectivity index is 1.97. The molecule has 1 aliphatic rings. The van der Waals surface area contributed by atoms with E-state index >= 15 is 0 Å². The van der Waals surface area contributed by atoms with Crippen molar-refractivity contribution in [2.45, 2.75) is 5.92 Å². The SMILES string of the molecule is CN1CCN(CC(CO)c2cccc(Cl)c2)CC1. The van der Waals surface area contributed by atoms with Crippen molar-refractivity contribution < 1.29 is 5.11 Å². The molecule has 4 heteroatoms. The van der Waals surface area contributed by atoms with Crippen LogP contribution in [-0.4, -0.2) is 61.3 Å². The van der Waals surface area contributed by atoms with Gasteiger partial charge in [-0.1, -0.05) is 23.7 Å². The largest absolute Gasteiger partial charge is 0.396 e. The lowest BCUT2D eigenvalue weighted by molar-refractivity contribution is 0.133. The van der Waals surface area contributed by atoms with Crippen LogP contribution in [0.25, 0.3) is 0 Å². The number of likely N-dealkylation sites (N-methyl/N-ethyl adjacent to an activating group) is 1. The van der Waals surface area contributed by atoms with Crippen LogP contribution in [0.3, 0.4) is 0 Å². The number of rotatable bonds is 4. The van der Waals surface area contributed by atoms with E-state index in [4.69, 9.17) is 11.6 Å². The summed E-state index contributed by atoms with van der Waals surface area (Å²) in [5.41, 5.74) is 1.13. The topological polar surface area (TPSA) is 26.7 Å². The normalized spacial score (nSPS) is 19.9. The van der Waals surface area contributed by atoms with Gasteiger partial charge in [0.1, 0.15) is 0 Å². The van der Waals surface area contributed by atoms with Gasteiger partial charge in [0.25, 0.3) is 0 Å². The van der Waals surface area contributed by atoms with E-state index in [-0.39, 0.29) is 12.5 Å². The molecule has 0 aliphatic carbocycles. The van der Waals surface area contributed by atoms with Gasteiger partial charge in [-0.15, -0.1) is 0 Å². The van der Waals surface area contributed by atoms with Gasteiger partial charge in [-0.05, 0) is 24.7 Å². The molecule has 0 bridgehead atoms. The van der Waals surface area contributed by atoms with E-state index in [0.29, 0.717) is 0 Å². The Morgan fingerprint density at radius 2 is 2.00 bits per heavy atom. The van der Waals surface area contributed by atoms with Crippen LogP contribution in [0.2, 0.25) is 5.02 Å². The van der Waals surface area contributed by atoms with Crippen LogP contribution in [0.5, 0.6) is 0 Å². The molecule has 3 nitrogen and oxygen atoms in total. The fourth-order valence-electron chi connectivity index (χ4n) is 2.37. The van der Waals surface area contributed by atoms with Gasteiger partial charge < -0.3 is 14.9 Å². The second kappa shape index (κ2) is 6.53. The third-order valence-corrected chi connectivity index (χ3v) is 3.85. The summed E-state index contributed by atoms with van der Waals surface area (Å²) in [6.45, 7) is 5.44. The van der Waals surface area contributed by atoms with Gasteiger partial charge in [0.05, 0.1) is 6.61 Å². The van der Waals surface area contributed by atoms with Crippen LogP contribution in [0.15, 0.2) is 24.3 Å². The monoisotopic (exact) mass is 268 g/mol. The highest BCUT2D eigenvalue weighted by Crippen LogP contribution is 2.21. The van der Waals surface area contributed by atoms with Crippen LogP contribution in [0.1, 0.15) is 11.5 Å². The Kier molecular flexibility index (Phi) is 5.01. The maximum atomic E-state index is 9.57. The fourth-order valence-corrected chi connectivity index (χ4v) is 2.57. The molecule has 100 valence electrons. The van der Waals surface area contributed by atoms with Crippen molar-refractivity contribution in [1.82, 2.24) is 9.80 Å². The third-order valence-electron chi connectivity index (χ3n) is 3.61. The Labute approximate surface area is 114 Å². The van der Waals surface area contributed by atoms with Crippen molar-refractivity contribution in [3.05, 3.63) is 34.9 Å². The summed E-state index contributed by atoms with van der Waals surface area (Å²) in [6.07, 6.45) is 0. The van der Waals surface area contributed by atoms with Gasteiger partial charge >= 0.3 is 0 Å². The molecule has 0 amide bonds. The summed E-state index contributed by atoms with van der Waals surface area (Å²) in [7, 11) is 2.15. The first-order valence-corrected chi connectivity index (χ1v) is 6.84. The van der Waals surface area contributed by atoms with Crippen molar-refractivity contribution in [3.63, 3.8) is 0 Å². The predicted octanol–water partition coefficient (Wildman–Crippen LogP) is 1.66. The van der Waals surface area contributed by atoms with Crippen molar-refractivity contribution >= 4 is 11.6 Å². The number of halogens is 1. The molecular weight excluding hydrogens is 248 g/mol. The second-order valence-electron chi connectivity index (χ2n) is 5.04. The first-order valence-electron chi connectivity index (χ1n) is 6.46. The van der Waals surface area contributed by atoms with E-state index in [1.807, 2.05) is 24.3 Å². The zero-order chi connectivity index (χ0) is 13.0. The molecule has 1 heterocycles. The molecule has 0 aromatic heterocycles. The smallest absolute Gasteiger partial charge is 0.0512 e. The molecule has 0 spiro atoms. The van der Waals surface area contributed by atoms with E-state index in [9.17, 15) is 5.11 Å². The van der Waals surface area contributed by atoms with E-state index in [1.54, 1.807) is 0 Å². The van der Waals surface area contributed by atoms with Gasteiger partial charge in [-0.2, -0.15) is 0 Å². The highest BCUT2D eigenvalue weighted by Gasteiger charge is 2.19. The first-order chi connectivity index (χ1) is 8.69. The quantitative estimate of drug-likeness (QED) is 0.900. The lowest BCUT2D eigenvalue weighted by Crippen LogP contribution is -2.46. The van der Waals surface area contributed by atoms with E-state index in [2.05, 4.69) is 16.8 Å². The third kappa shape index (κ3) is 3.69. The van der Waals surface area contributed by atoms with Gasteiger partial charge in [-0.3, -0.25) is 0 Å². The average Bonchev–Trinajstić information content (AvgIpc) is 2.38. The van der Waals surface area contributed by atoms with Crippen LogP contribution < -0.4 is 0 Å². The first kappa shape index (κ1) is 13.8. The Bertz CT molecular complexity index is 378. The molecule has 1 saturated heterocycles. The molecule has 1 unspecified atom stereocenters. The molecule has 1 fully saturated rings. The molecule has 1 aromatic rings. The average molecular weight is 269 g/mol. The predicted molar refractivity (Wildman–Crippen MR) is 75.2 cm³/mol. The molecule has 2 rings (SSSR count). The van der Waals surface area contributed by atoms with Crippen molar-refractivity contribution in [2.24, 2.45) is 0 Å². The Morgan fingerprint density at radius 3 is 2.61 bits per heavy atom. The van der Waals surface area contributed by atoms with Crippen LogP contribution in [-0.2, 0) is 0 Å². The van der Waals surface area contributed by atoms with Crippen molar-refractivity contribution in [3.8, 4) is 0 Å². The molecule has 1 atom stereocenters. The number of nitrogens with zero attached hydrogens (tertiary/aromatic N) is 2. The molecular formula is C14H21ClN2O. The van der Waals surface area contributed by atoms with Gasteiger partial charge in [0.2, 0.25) is 0 Å². The number of benzene rings is 1. The molecule has 0 radical (unpaired) electrons. The van der Waals surface area contributed by atoms with E-state index in [0.717, 1.165) is 43.3 Å². The van der Waals surface area contributed by atoms with Crippen LogP contribution in [0, 0.1) is 0 Å². The molecule has 18 heavy (non-hydrogen) atoms. The molecule has 1 aromatic carbocycles. The Morgan fingerprint density at radius 1 is 1.28 bits per heavy atom. The van der Waals surface area contributed by atoms with E-state index in [1.165, 1.54) is 0 Å².